The zero-order chi connectivity index (χ0) is 9.97. The molecule has 2 heteroatoms. The van der Waals surface area contributed by atoms with Crippen molar-refractivity contribution in [3.8, 4) is 10.4 Å². The fraction of sp³-hybridized carbons (Fsp3) is 0.167. The largest absolute Gasteiger partial charge is 0.139 e. The molecule has 1 unspecified atom stereocenters. The molecule has 0 aliphatic heterocycles. The Labute approximate surface area is 102 Å². The third-order valence-electron chi connectivity index (χ3n) is 2.08. The molecule has 0 saturated carbocycles. The van der Waals surface area contributed by atoms with E-state index in [1.165, 1.54) is 15.3 Å². The Hall–Kier alpha value is -0.350. The van der Waals surface area contributed by atoms with Crippen LogP contribution in [0.5, 0.6) is 0 Å². The molecule has 2 aromatic rings. The monoisotopic (exact) mass is 314 g/mol. The second-order valence-corrected chi connectivity index (χ2v) is 6.17. The summed E-state index contributed by atoms with van der Waals surface area (Å²) in [5, 5.41) is 0. The fourth-order valence-corrected chi connectivity index (χ4v) is 2.86. The van der Waals surface area contributed by atoms with Gasteiger partial charge in [-0.1, -0.05) is 52.9 Å². The quantitative estimate of drug-likeness (QED) is 0.546. The van der Waals surface area contributed by atoms with Crippen molar-refractivity contribution in [3.05, 3.63) is 47.3 Å². The Morgan fingerprint density at radius 1 is 1.07 bits per heavy atom. The van der Waals surface area contributed by atoms with E-state index in [4.69, 9.17) is 0 Å². The normalized spacial score (nSPS) is 12.7. The Kier molecular flexibility index (Phi) is 3.23. The average molecular weight is 314 g/mol. The summed E-state index contributed by atoms with van der Waals surface area (Å²) in [5.41, 5.74) is 1.32. The predicted molar refractivity (Wildman–Crippen MR) is 72.2 cm³/mol. The van der Waals surface area contributed by atoms with Gasteiger partial charge in [-0.15, -0.1) is 11.3 Å². The minimum Gasteiger partial charge on any atom is -0.139 e. The highest BCUT2D eigenvalue weighted by Crippen LogP contribution is 2.34. The third-order valence-corrected chi connectivity index (χ3v) is 4.49. The van der Waals surface area contributed by atoms with Crippen molar-refractivity contribution in [1.82, 2.24) is 0 Å². The summed E-state index contributed by atoms with van der Waals surface area (Å²) in [5.74, 6) is 0. The minimum absolute atomic E-state index is 0.607. The molecule has 0 nitrogen and oxygen atoms in total. The number of benzene rings is 1. The van der Waals surface area contributed by atoms with E-state index in [1.807, 2.05) is 11.3 Å². The first-order chi connectivity index (χ1) is 6.77. The summed E-state index contributed by atoms with van der Waals surface area (Å²) in [7, 11) is 0. The lowest BCUT2D eigenvalue weighted by Crippen LogP contribution is -1.72. The standard InChI is InChI=1S/C12H11IS/c1-9(13)11-7-8-12(14-11)10-5-3-2-4-6-10/h2-9H,1H3. The lowest BCUT2D eigenvalue weighted by atomic mass is 10.2. The molecule has 0 spiro atoms. The lowest BCUT2D eigenvalue weighted by molar-refractivity contribution is 1.19. The third kappa shape index (κ3) is 2.17. The van der Waals surface area contributed by atoms with Crippen LogP contribution in [-0.4, -0.2) is 0 Å². The highest BCUT2D eigenvalue weighted by Gasteiger charge is 2.05. The van der Waals surface area contributed by atoms with Crippen LogP contribution in [0.1, 0.15) is 15.7 Å². The topological polar surface area (TPSA) is 0 Å². The first-order valence-corrected chi connectivity index (χ1v) is 6.63. The van der Waals surface area contributed by atoms with Gasteiger partial charge in [0.05, 0.1) is 0 Å². The molecule has 2 rings (SSSR count). The van der Waals surface area contributed by atoms with E-state index in [0.29, 0.717) is 3.92 Å². The summed E-state index contributed by atoms with van der Waals surface area (Å²) in [6, 6.07) is 15.0. The van der Waals surface area contributed by atoms with E-state index in [-0.39, 0.29) is 0 Å². The van der Waals surface area contributed by atoms with E-state index in [2.05, 4.69) is 72.0 Å². The lowest BCUT2D eigenvalue weighted by Gasteiger charge is -1.97. The van der Waals surface area contributed by atoms with E-state index in [0.717, 1.165) is 0 Å². The Balaban J connectivity index is 2.34. The van der Waals surface area contributed by atoms with Crippen molar-refractivity contribution in [2.24, 2.45) is 0 Å². The van der Waals surface area contributed by atoms with Crippen molar-refractivity contribution in [3.63, 3.8) is 0 Å². The van der Waals surface area contributed by atoms with Crippen LogP contribution in [0.2, 0.25) is 0 Å². The van der Waals surface area contributed by atoms with Gasteiger partial charge >= 0.3 is 0 Å². The van der Waals surface area contributed by atoms with Gasteiger partial charge in [0.25, 0.3) is 0 Å². The average Bonchev–Trinajstić information content (AvgIpc) is 2.68. The maximum Gasteiger partial charge on any atom is 0.0425 e. The Morgan fingerprint density at radius 2 is 1.79 bits per heavy atom. The first-order valence-electron chi connectivity index (χ1n) is 4.56. The van der Waals surface area contributed by atoms with Gasteiger partial charge in [0.1, 0.15) is 0 Å². The van der Waals surface area contributed by atoms with Crippen LogP contribution >= 0.6 is 33.9 Å². The molecule has 1 heterocycles. The molecule has 0 bridgehead atoms. The van der Waals surface area contributed by atoms with E-state index in [9.17, 15) is 0 Å². The van der Waals surface area contributed by atoms with Crippen molar-refractivity contribution < 1.29 is 0 Å². The number of hydrogen-bond acceptors (Lipinski definition) is 1. The van der Waals surface area contributed by atoms with Crippen LogP contribution < -0.4 is 0 Å². The molecule has 0 N–H and O–H groups in total. The van der Waals surface area contributed by atoms with Crippen LogP contribution in [0.15, 0.2) is 42.5 Å². The van der Waals surface area contributed by atoms with Crippen LogP contribution in [0.3, 0.4) is 0 Å². The molecule has 1 atom stereocenters. The molecule has 72 valence electrons. The smallest absolute Gasteiger partial charge is 0.0425 e. The maximum atomic E-state index is 2.45. The van der Waals surface area contributed by atoms with Crippen molar-refractivity contribution in [2.75, 3.05) is 0 Å². The van der Waals surface area contributed by atoms with Gasteiger partial charge in [0, 0.05) is 13.7 Å². The summed E-state index contributed by atoms with van der Waals surface area (Å²) < 4.78 is 0.607. The number of alkyl halides is 1. The molecule has 0 saturated heterocycles. The highest BCUT2D eigenvalue weighted by molar-refractivity contribution is 14.1. The maximum absolute atomic E-state index is 2.45. The number of hydrogen-bond donors (Lipinski definition) is 0. The molecular weight excluding hydrogens is 303 g/mol. The molecule has 0 fully saturated rings. The first kappa shape index (κ1) is 10.2. The van der Waals surface area contributed by atoms with Gasteiger partial charge in [-0.3, -0.25) is 0 Å². The van der Waals surface area contributed by atoms with Crippen LogP contribution in [0.4, 0.5) is 0 Å². The van der Waals surface area contributed by atoms with E-state index in [1.54, 1.807) is 0 Å². The van der Waals surface area contributed by atoms with Gasteiger partial charge in [-0.25, -0.2) is 0 Å². The van der Waals surface area contributed by atoms with Crippen LogP contribution in [0, 0.1) is 0 Å². The number of rotatable bonds is 2. The van der Waals surface area contributed by atoms with E-state index >= 15 is 0 Å². The molecule has 14 heavy (non-hydrogen) atoms. The highest BCUT2D eigenvalue weighted by atomic mass is 127. The molecule has 1 aromatic heterocycles. The molecule has 1 aromatic carbocycles. The van der Waals surface area contributed by atoms with Crippen LogP contribution in [0.25, 0.3) is 10.4 Å². The van der Waals surface area contributed by atoms with Crippen molar-refractivity contribution >= 4 is 33.9 Å². The number of halogens is 1. The Bertz CT molecular complexity index is 403. The zero-order valence-corrected chi connectivity index (χ0v) is 10.9. The minimum atomic E-state index is 0.607. The molecule has 0 amide bonds. The molecule has 0 radical (unpaired) electrons. The fourth-order valence-electron chi connectivity index (χ4n) is 1.32. The SMILES string of the molecule is CC(I)c1ccc(-c2ccccc2)s1. The van der Waals surface area contributed by atoms with Crippen molar-refractivity contribution in [2.45, 2.75) is 10.8 Å². The second-order valence-electron chi connectivity index (χ2n) is 3.18. The van der Waals surface area contributed by atoms with Gasteiger partial charge in [-0.05, 0) is 24.6 Å². The van der Waals surface area contributed by atoms with E-state index < -0.39 is 0 Å². The number of thiophene rings is 1. The second kappa shape index (κ2) is 4.45. The van der Waals surface area contributed by atoms with Crippen molar-refractivity contribution in [1.29, 1.82) is 0 Å². The molecule has 0 aliphatic carbocycles. The van der Waals surface area contributed by atoms with Gasteiger partial charge < -0.3 is 0 Å². The van der Waals surface area contributed by atoms with Gasteiger partial charge in [-0.2, -0.15) is 0 Å². The predicted octanol–water partition coefficient (Wildman–Crippen LogP) is 4.91. The van der Waals surface area contributed by atoms with Crippen LogP contribution in [-0.2, 0) is 0 Å². The zero-order valence-electron chi connectivity index (χ0n) is 7.91. The Morgan fingerprint density at radius 3 is 2.36 bits per heavy atom. The summed E-state index contributed by atoms with van der Waals surface area (Å²) in [6.45, 7) is 2.22. The van der Waals surface area contributed by atoms with Gasteiger partial charge in [0.2, 0.25) is 0 Å². The summed E-state index contributed by atoms with van der Waals surface area (Å²) in [4.78, 5) is 2.81. The molecule has 0 aliphatic rings. The van der Waals surface area contributed by atoms with Gasteiger partial charge in [0.15, 0.2) is 0 Å². The summed E-state index contributed by atoms with van der Waals surface area (Å²) >= 11 is 4.34. The molecular formula is C12H11IS. The summed E-state index contributed by atoms with van der Waals surface area (Å²) in [6.07, 6.45) is 0.